The molecule has 1 aliphatic rings. The molecule has 5 nitrogen and oxygen atoms in total. The zero-order valence-electron chi connectivity index (χ0n) is 12.0. The van der Waals surface area contributed by atoms with Crippen molar-refractivity contribution in [2.75, 3.05) is 13.2 Å². The number of ether oxygens (including phenoxy) is 1. The van der Waals surface area contributed by atoms with Crippen molar-refractivity contribution in [3.8, 4) is 5.75 Å². The van der Waals surface area contributed by atoms with Gasteiger partial charge in [0.15, 0.2) is 0 Å². The summed E-state index contributed by atoms with van der Waals surface area (Å²) < 4.78 is 5.55. The van der Waals surface area contributed by atoms with Crippen LogP contribution in [0.2, 0.25) is 0 Å². The monoisotopic (exact) mass is 275 g/mol. The van der Waals surface area contributed by atoms with E-state index < -0.39 is 0 Å². The Morgan fingerprint density at radius 1 is 1.25 bits per heavy atom. The van der Waals surface area contributed by atoms with Crippen molar-refractivity contribution in [1.82, 2.24) is 4.90 Å². The summed E-state index contributed by atoms with van der Waals surface area (Å²) in [5.74, 6) is 1.20. The lowest BCUT2D eigenvalue weighted by molar-refractivity contribution is 0.206. The summed E-state index contributed by atoms with van der Waals surface area (Å²) in [4.78, 5) is 17.4. The number of amides is 2. The Labute approximate surface area is 119 Å². The second kappa shape index (κ2) is 6.41. The van der Waals surface area contributed by atoms with Gasteiger partial charge in [0.2, 0.25) is 0 Å². The maximum atomic E-state index is 11.8. The zero-order valence-corrected chi connectivity index (χ0v) is 12.0. The maximum absolute atomic E-state index is 11.8. The zero-order chi connectivity index (χ0) is 14.5. The molecule has 1 aromatic carbocycles. The third kappa shape index (κ3) is 2.92. The van der Waals surface area contributed by atoms with Crippen LogP contribution in [0.1, 0.15) is 38.3 Å². The van der Waals surface area contributed by atoms with Crippen molar-refractivity contribution in [1.29, 1.82) is 0 Å². The van der Waals surface area contributed by atoms with Gasteiger partial charge in [-0.25, -0.2) is 4.79 Å². The molecule has 2 amide bonds. The van der Waals surface area contributed by atoms with Crippen molar-refractivity contribution in [2.24, 2.45) is 10.7 Å². The van der Waals surface area contributed by atoms with Gasteiger partial charge in [-0.3, -0.25) is 0 Å². The van der Waals surface area contributed by atoms with E-state index in [0.717, 1.165) is 24.2 Å². The molecular weight excluding hydrogens is 254 g/mol. The molecule has 0 bridgehead atoms. The van der Waals surface area contributed by atoms with Crippen molar-refractivity contribution < 1.29 is 9.53 Å². The molecule has 1 aromatic rings. The first-order valence-electron chi connectivity index (χ1n) is 7.04. The van der Waals surface area contributed by atoms with Gasteiger partial charge in [-0.15, -0.1) is 0 Å². The number of hydrogen-bond acceptors (Lipinski definition) is 3. The first-order valence-corrected chi connectivity index (χ1v) is 7.04. The second-order valence-electron chi connectivity index (χ2n) is 4.83. The van der Waals surface area contributed by atoms with Gasteiger partial charge in [0.1, 0.15) is 17.6 Å². The molecule has 0 aliphatic carbocycles. The Morgan fingerprint density at radius 3 is 2.55 bits per heavy atom. The average molecular weight is 275 g/mol. The van der Waals surface area contributed by atoms with Crippen LogP contribution in [0.3, 0.4) is 0 Å². The summed E-state index contributed by atoms with van der Waals surface area (Å²) in [7, 11) is 0. The molecule has 1 unspecified atom stereocenters. The van der Waals surface area contributed by atoms with Crippen LogP contribution in [0.15, 0.2) is 29.3 Å². The molecular formula is C15H21N3O2. The average Bonchev–Trinajstić information content (AvgIpc) is 2.72. The first-order chi connectivity index (χ1) is 9.67. The van der Waals surface area contributed by atoms with E-state index in [-0.39, 0.29) is 12.1 Å². The highest BCUT2D eigenvalue weighted by Gasteiger charge is 2.33. The molecule has 5 heteroatoms. The van der Waals surface area contributed by atoms with Crippen LogP contribution in [-0.4, -0.2) is 29.9 Å². The fourth-order valence-corrected chi connectivity index (χ4v) is 2.29. The van der Waals surface area contributed by atoms with Crippen LogP contribution < -0.4 is 10.5 Å². The minimum Gasteiger partial charge on any atom is -0.494 e. The van der Waals surface area contributed by atoms with Gasteiger partial charge in [0.05, 0.1) is 6.61 Å². The number of carbonyl (C=O) groups excluding carboxylic acids is 1. The Balaban J connectivity index is 2.16. The highest BCUT2D eigenvalue weighted by molar-refractivity contribution is 6.03. The third-order valence-corrected chi connectivity index (χ3v) is 3.20. The van der Waals surface area contributed by atoms with Crippen molar-refractivity contribution in [3.63, 3.8) is 0 Å². The molecule has 1 atom stereocenters. The lowest BCUT2D eigenvalue weighted by Crippen LogP contribution is -2.33. The molecule has 0 spiro atoms. The quantitative estimate of drug-likeness (QED) is 0.868. The van der Waals surface area contributed by atoms with Gasteiger partial charge >= 0.3 is 6.03 Å². The third-order valence-electron chi connectivity index (χ3n) is 3.20. The topological polar surface area (TPSA) is 67.9 Å². The Bertz CT molecular complexity index is 496. The fraction of sp³-hybridized carbons (Fsp3) is 0.467. The van der Waals surface area contributed by atoms with Crippen LogP contribution in [0, 0.1) is 0 Å². The molecule has 0 radical (unpaired) electrons. The number of rotatable bonds is 6. The van der Waals surface area contributed by atoms with Crippen LogP contribution in [0.25, 0.3) is 0 Å². The van der Waals surface area contributed by atoms with Crippen molar-refractivity contribution >= 4 is 11.9 Å². The van der Waals surface area contributed by atoms with Crippen molar-refractivity contribution in [2.45, 2.75) is 32.7 Å². The molecule has 2 rings (SSSR count). The largest absolute Gasteiger partial charge is 0.494 e. The maximum Gasteiger partial charge on any atom is 0.346 e. The van der Waals surface area contributed by atoms with Gasteiger partial charge in [-0.05, 0) is 30.5 Å². The van der Waals surface area contributed by atoms with Crippen LogP contribution in [0.5, 0.6) is 5.75 Å². The normalized spacial score (nSPS) is 18.3. The van der Waals surface area contributed by atoms with E-state index in [4.69, 9.17) is 10.5 Å². The molecule has 20 heavy (non-hydrogen) atoms. The Hall–Kier alpha value is -2.04. The fourth-order valence-electron chi connectivity index (χ4n) is 2.29. The summed E-state index contributed by atoms with van der Waals surface area (Å²) in [5.41, 5.74) is 6.86. The predicted octanol–water partition coefficient (Wildman–Crippen LogP) is 2.72. The van der Waals surface area contributed by atoms with E-state index in [1.165, 1.54) is 0 Å². The SMILES string of the molecule is CCCOc1ccc(C2C(N)=NC(=O)N2CCC)cc1. The summed E-state index contributed by atoms with van der Waals surface area (Å²) in [6.45, 7) is 5.45. The summed E-state index contributed by atoms with van der Waals surface area (Å²) in [6.07, 6.45) is 1.85. The van der Waals surface area contributed by atoms with Crippen molar-refractivity contribution in [3.05, 3.63) is 29.8 Å². The van der Waals surface area contributed by atoms with Gasteiger partial charge in [-0.1, -0.05) is 26.0 Å². The number of nitrogens with zero attached hydrogens (tertiary/aromatic N) is 2. The molecule has 2 N–H and O–H groups in total. The van der Waals surface area contributed by atoms with Gasteiger partial charge in [-0.2, -0.15) is 4.99 Å². The van der Waals surface area contributed by atoms with E-state index in [1.807, 2.05) is 31.2 Å². The number of benzene rings is 1. The van der Waals surface area contributed by atoms with E-state index in [9.17, 15) is 4.79 Å². The Kier molecular flexibility index (Phi) is 4.61. The van der Waals surface area contributed by atoms with Crippen LogP contribution >= 0.6 is 0 Å². The molecule has 0 saturated carbocycles. The molecule has 0 saturated heterocycles. The number of nitrogens with two attached hydrogens (primary N) is 1. The van der Waals surface area contributed by atoms with Crippen LogP contribution in [-0.2, 0) is 0 Å². The summed E-state index contributed by atoms with van der Waals surface area (Å²) in [6, 6.07) is 7.21. The smallest absolute Gasteiger partial charge is 0.346 e. The highest BCUT2D eigenvalue weighted by atomic mass is 16.5. The minimum atomic E-state index is -0.249. The van der Waals surface area contributed by atoms with E-state index >= 15 is 0 Å². The Morgan fingerprint density at radius 2 is 1.95 bits per heavy atom. The molecule has 1 aliphatic heterocycles. The predicted molar refractivity (Wildman–Crippen MR) is 79.0 cm³/mol. The number of amidine groups is 1. The van der Waals surface area contributed by atoms with E-state index in [0.29, 0.717) is 19.0 Å². The van der Waals surface area contributed by atoms with Crippen LogP contribution in [0.4, 0.5) is 4.79 Å². The van der Waals surface area contributed by atoms with E-state index in [2.05, 4.69) is 11.9 Å². The number of urea groups is 1. The number of carbonyl (C=O) groups is 1. The lowest BCUT2D eigenvalue weighted by atomic mass is 10.1. The second-order valence-corrected chi connectivity index (χ2v) is 4.83. The number of aliphatic imine (C=N–C) groups is 1. The van der Waals surface area contributed by atoms with E-state index in [1.54, 1.807) is 4.90 Å². The molecule has 1 heterocycles. The summed E-state index contributed by atoms with van der Waals surface area (Å²) >= 11 is 0. The summed E-state index contributed by atoms with van der Waals surface area (Å²) in [5, 5.41) is 0. The van der Waals surface area contributed by atoms with Gasteiger partial charge < -0.3 is 15.4 Å². The lowest BCUT2D eigenvalue weighted by Gasteiger charge is -2.24. The molecule has 0 aromatic heterocycles. The van der Waals surface area contributed by atoms with Gasteiger partial charge in [0, 0.05) is 6.54 Å². The first kappa shape index (κ1) is 14.4. The standard InChI is InChI=1S/C15H21N3O2/c1-3-9-18-13(14(16)17-15(18)19)11-5-7-12(8-6-11)20-10-4-2/h5-8,13H,3-4,9-10H2,1-2H3,(H2,16,17,19). The number of hydrogen-bond donors (Lipinski definition) is 1. The highest BCUT2D eigenvalue weighted by Crippen LogP contribution is 2.28. The molecule has 108 valence electrons. The molecule has 0 fully saturated rings. The van der Waals surface area contributed by atoms with Gasteiger partial charge in [0.25, 0.3) is 0 Å². The minimum absolute atomic E-state index is 0.248.